The minimum atomic E-state index is -1.33. The largest absolute Gasteiger partial charge is 0.465 e. The van der Waals surface area contributed by atoms with Crippen LogP contribution in [-0.4, -0.2) is 23.0 Å². The van der Waals surface area contributed by atoms with Gasteiger partial charge in [0.1, 0.15) is 16.9 Å². The predicted octanol–water partition coefficient (Wildman–Crippen LogP) is 4.60. The zero-order chi connectivity index (χ0) is 16.7. The number of carbonyl (C=O) groups is 1. The lowest BCUT2D eigenvalue weighted by Crippen LogP contribution is -2.06. The number of halogens is 4. The molecule has 0 saturated carbocycles. The summed E-state index contributed by atoms with van der Waals surface area (Å²) in [7, 11) is 1.08. The zero-order valence-corrected chi connectivity index (χ0v) is 13.1. The fourth-order valence-electron chi connectivity index (χ4n) is 2.19. The quantitative estimate of drug-likeness (QED) is 0.682. The molecule has 4 nitrogen and oxygen atoms in total. The topological polar surface area (TPSA) is 55.0 Å². The number of H-pyrrole nitrogens is 1. The van der Waals surface area contributed by atoms with E-state index >= 15 is 0 Å². The van der Waals surface area contributed by atoms with Crippen LogP contribution in [-0.2, 0) is 4.74 Å². The van der Waals surface area contributed by atoms with Gasteiger partial charge in [-0.1, -0.05) is 29.3 Å². The Morgan fingerprint density at radius 1 is 1.22 bits per heavy atom. The van der Waals surface area contributed by atoms with Gasteiger partial charge in [-0.3, -0.25) is 0 Å². The molecule has 0 saturated heterocycles. The monoisotopic (exact) mass is 356 g/mol. The molecule has 1 aromatic heterocycles. The number of fused-ring (bicyclic) bond motifs is 1. The molecule has 0 radical (unpaired) electrons. The summed E-state index contributed by atoms with van der Waals surface area (Å²) in [5, 5.41) is 0.594. The Hall–Kier alpha value is -2.18. The third-order valence-corrected chi connectivity index (χ3v) is 3.89. The highest BCUT2D eigenvalue weighted by Gasteiger charge is 2.23. The maximum atomic E-state index is 14.2. The zero-order valence-electron chi connectivity index (χ0n) is 11.6. The van der Waals surface area contributed by atoms with Crippen LogP contribution in [0.3, 0.4) is 0 Å². The van der Waals surface area contributed by atoms with Gasteiger partial charge in [0.2, 0.25) is 0 Å². The number of imidazole rings is 1. The number of benzene rings is 2. The number of nitrogens with zero attached hydrogens (tertiary/aromatic N) is 1. The fourth-order valence-corrected chi connectivity index (χ4v) is 2.77. The molecule has 3 rings (SSSR count). The van der Waals surface area contributed by atoms with Crippen molar-refractivity contribution in [1.82, 2.24) is 9.97 Å². The van der Waals surface area contributed by atoms with Gasteiger partial charge in [0.05, 0.1) is 28.2 Å². The Balaban J connectivity index is 2.28. The van der Waals surface area contributed by atoms with E-state index in [1.807, 2.05) is 0 Å². The average molecular weight is 357 g/mol. The molecule has 0 aliphatic heterocycles. The van der Waals surface area contributed by atoms with Gasteiger partial charge in [-0.05, 0) is 18.2 Å². The van der Waals surface area contributed by atoms with E-state index in [0.29, 0.717) is 15.6 Å². The van der Waals surface area contributed by atoms with E-state index in [2.05, 4.69) is 14.7 Å². The van der Waals surface area contributed by atoms with Gasteiger partial charge in [0, 0.05) is 0 Å². The van der Waals surface area contributed by atoms with E-state index in [4.69, 9.17) is 23.2 Å². The molecular weight excluding hydrogens is 349 g/mol. The molecule has 8 heteroatoms. The van der Waals surface area contributed by atoms with Crippen molar-refractivity contribution < 1.29 is 18.3 Å². The van der Waals surface area contributed by atoms with Crippen LogP contribution in [0.15, 0.2) is 24.3 Å². The van der Waals surface area contributed by atoms with E-state index in [9.17, 15) is 13.6 Å². The van der Waals surface area contributed by atoms with Gasteiger partial charge in [-0.15, -0.1) is 0 Å². The first-order chi connectivity index (χ1) is 10.9. The van der Waals surface area contributed by atoms with Crippen molar-refractivity contribution in [2.75, 3.05) is 7.11 Å². The van der Waals surface area contributed by atoms with Crippen LogP contribution in [0.2, 0.25) is 10.0 Å². The normalized spacial score (nSPS) is 11.0. The molecule has 0 bridgehead atoms. The van der Waals surface area contributed by atoms with E-state index < -0.39 is 23.2 Å². The number of ether oxygens (including phenoxy) is 1. The van der Waals surface area contributed by atoms with Gasteiger partial charge in [0.25, 0.3) is 0 Å². The minimum absolute atomic E-state index is 0.121. The summed E-state index contributed by atoms with van der Waals surface area (Å²) >= 11 is 12.2. The maximum Gasteiger partial charge on any atom is 0.341 e. The van der Waals surface area contributed by atoms with E-state index in [1.54, 1.807) is 18.2 Å². The molecule has 0 atom stereocenters. The molecule has 3 aromatic rings. The molecule has 0 amide bonds. The number of esters is 1. The van der Waals surface area contributed by atoms with E-state index in [0.717, 1.165) is 13.2 Å². The molecule has 0 unspecified atom stereocenters. The minimum Gasteiger partial charge on any atom is -0.465 e. The second-order valence-corrected chi connectivity index (χ2v) is 5.44. The lowest BCUT2D eigenvalue weighted by atomic mass is 10.2. The smallest absolute Gasteiger partial charge is 0.341 e. The maximum absolute atomic E-state index is 14.2. The van der Waals surface area contributed by atoms with Gasteiger partial charge >= 0.3 is 5.97 Å². The summed E-state index contributed by atoms with van der Waals surface area (Å²) in [5.41, 5.74) is -0.319. The highest BCUT2D eigenvalue weighted by Crippen LogP contribution is 2.34. The first kappa shape index (κ1) is 15.7. The van der Waals surface area contributed by atoms with Crippen LogP contribution in [0.5, 0.6) is 0 Å². The van der Waals surface area contributed by atoms with Gasteiger partial charge in [-0.2, -0.15) is 0 Å². The van der Waals surface area contributed by atoms with Crippen LogP contribution < -0.4 is 0 Å². The summed E-state index contributed by atoms with van der Waals surface area (Å²) < 4.78 is 32.5. The molecule has 0 aliphatic carbocycles. The van der Waals surface area contributed by atoms with Crippen molar-refractivity contribution in [2.45, 2.75) is 0 Å². The third kappa shape index (κ3) is 2.54. The number of methoxy groups -OCH3 is 1. The molecule has 118 valence electrons. The SMILES string of the molecule is COC(=O)c1cc2[nH]c(-c3c(Cl)cccc3Cl)nc2c(F)c1F. The second-order valence-electron chi connectivity index (χ2n) is 4.62. The summed E-state index contributed by atoms with van der Waals surface area (Å²) in [6.07, 6.45) is 0. The number of hydrogen-bond donors (Lipinski definition) is 1. The molecule has 1 heterocycles. The average Bonchev–Trinajstić information content (AvgIpc) is 2.94. The molecule has 2 aromatic carbocycles. The van der Waals surface area contributed by atoms with Gasteiger partial charge < -0.3 is 9.72 Å². The fraction of sp³-hybridized carbons (Fsp3) is 0.0667. The summed E-state index contributed by atoms with van der Waals surface area (Å²) in [4.78, 5) is 18.3. The van der Waals surface area contributed by atoms with Gasteiger partial charge in [-0.25, -0.2) is 18.6 Å². The molecule has 23 heavy (non-hydrogen) atoms. The van der Waals surface area contributed by atoms with Crippen LogP contribution >= 0.6 is 23.2 Å². The van der Waals surface area contributed by atoms with Crippen molar-refractivity contribution >= 4 is 40.2 Å². The Morgan fingerprint density at radius 2 is 1.87 bits per heavy atom. The standard InChI is InChI=1S/C15H8Cl2F2N2O2/c1-23-15(22)6-5-9-13(12(19)11(6)18)21-14(20-9)10-7(16)3-2-4-8(10)17/h2-5H,1H3,(H,20,21). The first-order valence-electron chi connectivity index (χ1n) is 6.34. The van der Waals surface area contributed by atoms with Crippen molar-refractivity contribution in [3.8, 4) is 11.4 Å². The Labute approximate surface area is 139 Å². The predicted molar refractivity (Wildman–Crippen MR) is 82.8 cm³/mol. The van der Waals surface area contributed by atoms with Crippen LogP contribution in [0, 0.1) is 11.6 Å². The Morgan fingerprint density at radius 3 is 2.48 bits per heavy atom. The molecule has 0 aliphatic rings. The second kappa shape index (κ2) is 5.79. The van der Waals surface area contributed by atoms with Crippen LogP contribution in [0.1, 0.15) is 10.4 Å². The van der Waals surface area contributed by atoms with Crippen molar-refractivity contribution in [3.05, 3.63) is 51.5 Å². The lowest BCUT2D eigenvalue weighted by molar-refractivity contribution is 0.0594. The number of hydrogen-bond acceptors (Lipinski definition) is 3. The molecular formula is C15H8Cl2F2N2O2. The van der Waals surface area contributed by atoms with E-state index in [-0.39, 0.29) is 16.9 Å². The summed E-state index contributed by atoms with van der Waals surface area (Å²) in [6, 6.07) is 5.95. The van der Waals surface area contributed by atoms with E-state index in [1.165, 1.54) is 0 Å². The third-order valence-electron chi connectivity index (χ3n) is 3.26. The Bertz CT molecular complexity index is 921. The van der Waals surface area contributed by atoms with Gasteiger partial charge in [0.15, 0.2) is 11.6 Å². The van der Waals surface area contributed by atoms with Crippen molar-refractivity contribution in [2.24, 2.45) is 0 Å². The van der Waals surface area contributed by atoms with Crippen molar-refractivity contribution in [1.29, 1.82) is 0 Å². The highest BCUT2D eigenvalue weighted by atomic mass is 35.5. The number of aromatic amines is 1. The molecule has 0 fully saturated rings. The number of carbonyl (C=O) groups excluding carboxylic acids is 1. The number of rotatable bonds is 2. The van der Waals surface area contributed by atoms with Crippen LogP contribution in [0.4, 0.5) is 8.78 Å². The van der Waals surface area contributed by atoms with Crippen LogP contribution in [0.25, 0.3) is 22.4 Å². The summed E-state index contributed by atoms with van der Waals surface area (Å²) in [5.74, 6) is -3.41. The lowest BCUT2D eigenvalue weighted by Gasteiger charge is -2.02. The molecule has 0 spiro atoms. The molecule has 1 N–H and O–H groups in total. The number of nitrogens with one attached hydrogen (secondary N) is 1. The number of aromatic nitrogens is 2. The Kier molecular flexibility index (Phi) is 3.95. The van der Waals surface area contributed by atoms with Crippen molar-refractivity contribution in [3.63, 3.8) is 0 Å². The summed E-state index contributed by atoms with van der Waals surface area (Å²) in [6.45, 7) is 0. The highest BCUT2D eigenvalue weighted by molar-refractivity contribution is 6.39. The first-order valence-corrected chi connectivity index (χ1v) is 7.10.